The van der Waals surface area contributed by atoms with Gasteiger partial charge in [0.05, 0.1) is 6.10 Å². The van der Waals surface area contributed by atoms with Crippen molar-refractivity contribution in [3.63, 3.8) is 0 Å². The van der Waals surface area contributed by atoms with Crippen LogP contribution < -0.4 is 0 Å². The van der Waals surface area contributed by atoms with Crippen LogP contribution in [0.1, 0.15) is 59.8 Å². The second-order valence-corrected chi connectivity index (χ2v) is 7.90. The van der Waals surface area contributed by atoms with E-state index in [1.807, 2.05) is 0 Å². The predicted octanol–water partition coefficient (Wildman–Crippen LogP) is 3.86. The molecule has 4 saturated carbocycles. The van der Waals surface area contributed by atoms with Gasteiger partial charge in [-0.25, -0.2) is 0 Å². The van der Waals surface area contributed by atoms with Gasteiger partial charge in [0.1, 0.15) is 0 Å². The number of hydrogen-bond donors (Lipinski definition) is 1. The van der Waals surface area contributed by atoms with E-state index in [1.165, 1.54) is 32.1 Å². The quantitative estimate of drug-likeness (QED) is 0.733. The molecule has 17 heavy (non-hydrogen) atoms. The number of rotatable bonds is 1. The fourth-order valence-electron chi connectivity index (χ4n) is 6.08. The van der Waals surface area contributed by atoms with Gasteiger partial charge in [-0.1, -0.05) is 40.5 Å². The molecule has 98 valence electrons. The van der Waals surface area contributed by atoms with Crippen LogP contribution in [0.25, 0.3) is 0 Å². The topological polar surface area (TPSA) is 20.2 Å². The second-order valence-electron chi connectivity index (χ2n) is 7.90. The lowest BCUT2D eigenvalue weighted by Gasteiger charge is -2.70. The van der Waals surface area contributed by atoms with Crippen LogP contribution >= 0.6 is 0 Å². The van der Waals surface area contributed by atoms with Crippen LogP contribution in [0.3, 0.4) is 0 Å². The lowest BCUT2D eigenvalue weighted by molar-refractivity contribution is -0.254. The first-order valence-electron chi connectivity index (χ1n) is 7.60. The minimum absolute atomic E-state index is 0.0259. The van der Waals surface area contributed by atoms with E-state index in [9.17, 15) is 5.11 Å². The van der Waals surface area contributed by atoms with Gasteiger partial charge in [-0.3, -0.25) is 0 Å². The largest absolute Gasteiger partial charge is 0.392 e. The summed E-state index contributed by atoms with van der Waals surface area (Å²) in [7, 11) is 0. The molecule has 4 rings (SSSR count). The van der Waals surface area contributed by atoms with Crippen molar-refractivity contribution in [1.82, 2.24) is 0 Å². The normalized spacial score (nSPS) is 55.9. The highest BCUT2D eigenvalue weighted by atomic mass is 16.3. The maximum absolute atomic E-state index is 10.8. The molecule has 0 aliphatic heterocycles. The highest BCUT2D eigenvalue weighted by molar-refractivity contribution is 5.15. The molecule has 0 saturated heterocycles. The Morgan fingerprint density at radius 3 is 2.53 bits per heavy atom. The van der Waals surface area contributed by atoms with Crippen molar-refractivity contribution >= 4 is 0 Å². The highest BCUT2D eigenvalue weighted by Gasteiger charge is 2.66. The maximum Gasteiger partial charge on any atom is 0.0627 e. The molecular weight excluding hydrogens is 208 g/mol. The van der Waals surface area contributed by atoms with Crippen LogP contribution in [-0.4, -0.2) is 11.2 Å². The van der Waals surface area contributed by atoms with E-state index in [2.05, 4.69) is 27.7 Å². The first-order chi connectivity index (χ1) is 7.92. The molecule has 0 aromatic heterocycles. The van der Waals surface area contributed by atoms with Gasteiger partial charge < -0.3 is 5.11 Å². The Bertz CT molecular complexity index is 321. The average molecular weight is 236 g/mol. The second kappa shape index (κ2) is 3.50. The van der Waals surface area contributed by atoms with Gasteiger partial charge in [-0.05, 0) is 53.8 Å². The molecule has 6 unspecified atom stereocenters. The third-order valence-electron chi connectivity index (χ3n) is 6.74. The van der Waals surface area contributed by atoms with Crippen molar-refractivity contribution in [2.24, 2.45) is 34.5 Å². The molecule has 2 bridgehead atoms. The molecule has 1 N–H and O–H groups in total. The van der Waals surface area contributed by atoms with Crippen LogP contribution in [0.5, 0.6) is 0 Å². The molecule has 0 amide bonds. The van der Waals surface area contributed by atoms with E-state index in [1.54, 1.807) is 0 Å². The Labute approximate surface area is 106 Å². The summed E-state index contributed by atoms with van der Waals surface area (Å²) in [5, 5.41) is 10.8. The molecule has 0 radical (unpaired) electrons. The van der Waals surface area contributed by atoms with Crippen molar-refractivity contribution in [1.29, 1.82) is 0 Å². The van der Waals surface area contributed by atoms with E-state index in [0.717, 1.165) is 17.8 Å². The van der Waals surface area contributed by atoms with Crippen LogP contribution in [0.2, 0.25) is 0 Å². The lowest BCUT2D eigenvalue weighted by atomic mass is 9.36. The lowest BCUT2D eigenvalue weighted by Crippen LogP contribution is -2.67. The van der Waals surface area contributed by atoms with E-state index in [0.29, 0.717) is 11.3 Å². The summed E-state index contributed by atoms with van der Waals surface area (Å²) in [5.41, 5.74) is 0.720. The Hall–Kier alpha value is -0.0400. The molecule has 0 spiro atoms. The Balaban J connectivity index is 1.96. The number of aliphatic hydroxyl groups excluding tert-OH is 1. The van der Waals surface area contributed by atoms with Crippen LogP contribution in [0.4, 0.5) is 0 Å². The van der Waals surface area contributed by atoms with Crippen molar-refractivity contribution in [2.45, 2.75) is 65.9 Å². The summed E-state index contributed by atoms with van der Waals surface area (Å²) in [6, 6.07) is 0. The molecule has 0 aromatic rings. The van der Waals surface area contributed by atoms with Gasteiger partial charge in [0.15, 0.2) is 0 Å². The van der Waals surface area contributed by atoms with E-state index >= 15 is 0 Å². The summed E-state index contributed by atoms with van der Waals surface area (Å²) in [5.74, 6) is 3.09. The van der Waals surface area contributed by atoms with E-state index in [-0.39, 0.29) is 11.5 Å². The molecule has 1 heteroatoms. The molecule has 0 aromatic carbocycles. The number of aliphatic hydroxyl groups is 1. The molecule has 4 aliphatic carbocycles. The van der Waals surface area contributed by atoms with Crippen molar-refractivity contribution < 1.29 is 5.11 Å². The summed E-state index contributed by atoms with van der Waals surface area (Å²) < 4.78 is 0. The molecular formula is C16H28O. The van der Waals surface area contributed by atoms with Gasteiger partial charge in [-0.2, -0.15) is 0 Å². The Kier molecular flexibility index (Phi) is 2.47. The van der Waals surface area contributed by atoms with Crippen molar-refractivity contribution in [2.75, 3.05) is 0 Å². The van der Waals surface area contributed by atoms with Crippen LogP contribution in [0.15, 0.2) is 0 Å². The third-order valence-corrected chi connectivity index (χ3v) is 6.74. The van der Waals surface area contributed by atoms with Gasteiger partial charge in [0.25, 0.3) is 0 Å². The van der Waals surface area contributed by atoms with Crippen molar-refractivity contribution in [3.8, 4) is 0 Å². The first kappa shape index (κ1) is 12.0. The first-order valence-corrected chi connectivity index (χ1v) is 7.60. The molecule has 1 nitrogen and oxygen atoms in total. The van der Waals surface area contributed by atoms with E-state index < -0.39 is 0 Å². The van der Waals surface area contributed by atoms with Gasteiger partial charge in [-0.15, -0.1) is 0 Å². The van der Waals surface area contributed by atoms with Gasteiger partial charge in [0, 0.05) is 0 Å². The highest BCUT2D eigenvalue weighted by Crippen LogP contribution is 2.70. The smallest absolute Gasteiger partial charge is 0.0627 e. The average Bonchev–Trinajstić information content (AvgIpc) is 2.22. The molecule has 6 atom stereocenters. The van der Waals surface area contributed by atoms with Crippen LogP contribution in [-0.2, 0) is 0 Å². The zero-order valence-corrected chi connectivity index (χ0v) is 11.9. The third kappa shape index (κ3) is 1.35. The van der Waals surface area contributed by atoms with E-state index in [4.69, 9.17) is 0 Å². The molecule has 4 aliphatic rings. The molecule has 4 fully saturated rings. The van der Waals surface area contributed by atoms with Crippen LogP contribution in [0, 0.1) is 34.5 Å². The summed E-state index contributed by atoms with van der Waals surface area (Å²) >= 11 is 0. The summed E-state index contributed by atoms with van der Waals surface area (Å²) in [6.07, 6.45) is 6.49. The monoisotopic (exact) mass is 236 g/mol. The van der Waals surface area contributed by atoms with Gasteiger partial charge in [0.2, 0.25) is 0 Å². The minimum atomic E-state index is -0.0259. The minimum Gasteiger partial charge on any atom is -0.392 e. The Morgan fingerprint density at radius 2 is 1.88 bits per heavy atom. The van der Waals surface area contributed by atoms with Gasteiger partial charge >= 0.3 is 0 Å². The summed E-state index contributed by atoms with van der Waals surface area (Å²) in [4.78, 5) is 0. The fourth-order valence-corrected chi connectivity index (χ4v) is 6.08. The number of hydrogen-bond acceptors (Lipinski definition) is 1. The SMILES string of the molecule is CCC1C2CC1(C)C(O)C1CCCC(C)(C)C12. The zero-order chi connectivity index (χ0) is 12.4. The maximum atomic E-state index is 10.8. The summed E-state index contributed by atoms with van der Waals surface area (Å²) in [6.45, 7) is 9.56. The predicted molar refractivity (Wildman–Crippen MR) is 70.6 cm³/mol. The van der Waals surface area contributed by atoms with Crippen molar-refractivity contribution in [3.05, 3.63) is 0 Å². The molecule has 0 heterocycles. The Morgan fingerprint density at radius 1 is 1.18 bits per heavy atom. The standard InChI is InChI=1S/C16H28O/c1-5-12-11-9-16(12,4)14(17)10-7-6-8-15(2,3)13(10)11/h10-14,17H,5-9H2,1-4H3. The zero-order valence-electron chi connectivity index (χ0n) is 11.9. The fraction of sp³-hybridized carbons (Fsp3) is 1.00.